The number of rotatable bonds is 12. The minimum atomic E-state index is -0.760. The van der Waals surface area contributed by atoms with Crippen molar-refractivity contribution in [3.8, 4) is 5.75 Å². The Morgan fingerprint density at radius 1 is 1.21 bits per heavy atom. The lowest BCUT2D eigenvalue weighted by atomic mass is 9.79. The number of halogens is 2. The molecule has 2 N–H and O–H groups in total. The van der Waals surface area contributed by atoms with Crippen LogP contribution < -0.4 is 4.74 Å². The Kier molecular flexibility index (Phi) is 10.6. The molecule has 1 aliphatic heterocycles. The largest absolute Gasteiger partial charge is 0.497 e. The van der Waals surface area contributed by atoms with Gasteiger partial charge in [-0.05, 0) is 86.0 Å². The molecule has 0 bridgehead atoms. The van der Waals surface area contributed by atoms with E-state index in [0.717, 1.165) is 65.3 Å². The number of piperidine rings is 1. The van der Waals surface area contributed by atoms with E-state index in [2.05, 4.69) is 9.88 Å². The van der Waals surface area contributed by atoms with Crippen molar-refractivity contribution in [3.63, 3.8) is 0 Å². The molecule has 9 heteroatoms. The summed E-state index contributed by atoms with van der Waals surface area (Å²) in [6.07, 6.45) is 4.38. The lowest BCUT2D eigenvalue weighted by molar-refractivity contribution is -0.137. The molecule has 1 aromatic heterocycles. The number of ether oxygens (including phenoxy) is 1. The number of carboxylic acid groups (broad SMARTS) is 1. The van der Waals surface area contributed by atoms with Crippen LogP contribution in [0.2, 0.25) is 10.0 Å². The molecule has 3 atom stereocenters. The number of likely N-dealkylation sites (tertiary alicyclic amines) is 1. The molecule has 2 heterocycles. The van der Waals surface area contributed by atoms with E-state index in [0.29, 0.717) is 28.8 Å². The first-order chi connectivity index (χ1) is 18.4. The van der Waals surface area contributed by atoms with Gasteiger partial charge in [0, 0.05) is 41.7 Å². The Bertz CT molecular complexity index is 1240. The number of carboxylic acids is 1. The van der Waals surface area contributed by atoms with Crippen LogP contribution in [0.25, 0.3) is 10.9 Å². The summed E-state index contributed by atoms with van der Waals surface area (Å²) in [7, 11) is 1.63. The highest BCUT2D eigenvalue weighted by Crippen LogP contribution is 2.36. The van der Waals surface area contributed by atoms with E-state index in [-0.39, 0.29) is 12.3 Å². The van der Waals surface area contributed by atoms with Gasteiger partial charge in [-0.15, -0.1) is 11.8 Å². The Hall–Kier alpha value is -2.03. The van der Waals surface area contributed by atoms with Gasteiger partial charge in [0.1, 0.15) is 5.75 Å². The van der Waals surface area contributed by atoms with E-state index in [1.165, 1.54) is 0 Å². The van der Waals surface area contributed by atoms with E-state index in [4.69, 9.17) is 27.9 Å². The molecule has 3 aromatic rings. The number of aliphatic hydroxyl groups excluding tert-OH is 1. The lowest BCUT2D eigenvalue weighted by Crippen LogP contribution is -2.41. The Balaban J connectivity index is 1.36. The van der Waals surface area contributed by atoms with Crippen LogP contribution in [-0.4, -0.2) is 58.6 Å². The molecule has 2 aromatic carbocycles. The predicted octanol–water partition coefficient (Wildman–Crippen LogP) is 6.96. The van der Waals surface area contributed by atoms with Crippen LogP contribution in [0.1, 0.15) is 43.8 Å². The molecule has 1 aliphatic rings. The van der Waals surface area contributed by atoms with Crippen LogP contribution in [0.4, 0.5) is 0 Å². The van der Waals surface area contributed by atoms with Crippen molar-refractivity contribution >= 4 is 51.8 Å². The van der Waals surface area contributed by atoms with Crippen molar-refractivity contribution in [3.05, 3.63) is 64.3 Å². The van der Waals surface area contributed by atoms with Crippen molar-refractivity contribution in [2.45, 2.75) is 43.1 Å². The van der Waals surface area contributed by atoms with Gasteiger partial charge in [0.2, 0.25) is 0 Å². The summed E-state index contributed by atoms with van der Waals surface area (Å²) in [5, 5.41) is 22.5. The molecule has 38 heavy (non-hydrogen) atoms. The number of thioether (sulfide) groups is 1. The summed E-state index contributed by atoms with van der Waals surface area (Å²) in [5.74, 6) is 1.51. The first-order valence-corrected chi connectivity index (χ1v) is 14.7. The Morgan fingerprint density at radius 2 is 2.05 bits per heavy atom. The summed E-state index contributed by atoms with van der Waals surface area (Å²) in [6, 6.07) is 13.2. The molecule has 1 fully saturated rings. The number of fused-ring (bicyclic) bond motifs is 1. The molecule has 6 nitrogen and oxygen atoms in total. The van der Waals surface area contributed by atoms with Crippen LogP contribution in [0.15, 0.2) is 53.6 Å². The number of pyridine rings is 1. The summed E-state index contributed by atoms with van der Waals surface area (Å²) in [5.41, 5.74) is 1.68. The number of aliphatic carboxylic acids is 1. The van der Waals surface area contributed by atoms with Crippen LogP contribution in [0.5, 0.6) is 5.75 Å². The van der Waals surface area contributed by atoms with Gasteiger partial charge in [-0.2, -0.15) is 0 Å². The van der Waals surface area contributed by atoms with Crippen LogP contribution >= 0.6 is 35.0 Å². The maximum atomic E-state index is 11.3. The highest BCUT2D eigenvalue weighted by atomic mass is 35.5. The average molecular weight is 578 g/mol. The molecule has 0 saturated carbocycles. The summed E-state index contributed by atoms with van der Waals surface area (Å²) in [6.45, 7) is 2.73. The fourth-order valence-electron chi connectivity index (χ4n) is 5.35. The Morgan fingerprint density at radius 3 is 2.84 bits per heavy atom. The minimum absolute atomic E-state index is 0.166. The molecule has 0 amide bonds. The van der Waals surface area contributed by atoms with Crippen molar-refractivity contribution < 1.29 is 19.7 Å². The van der Waals surface area contributed by atoms with Gasteiger partial charge in [-0.25, -0.2) is 0 Å². The molecule has 4 rings (SSSR count). The highest BCUT2D eigenvalue weighted by molar-refractivity contribution is 7.99. The summed E-state index contributed by atoms with van der Waals surface area (Å²) >= 11 is 14.2. The Labute approximate surface area is 238 Å². The smallest absolute Gasteiger partial charge is 0.303 e. The van der Waals surface area contributed by atoms with E-state index in [1.54, 1.807) is 31.1 Å². The maximum absolute atomic E-state index is 11.3. The maximum Gasteiger partial charge on any atom is 0.303 e. The van der Waals surface area contributed by atoms with Gasteiger partial charge in [0.15, 0.2) is 0 Å². The number of hydrogen-bond acceptors (Lipinski definition) is 6. The van der Waals surface area contributed by atoms with E-state index >= 15 is 0 Å². The molecule has 1 unspecified atom stereocenters. The van der Waals surface area contributed by atoms with Gasteiger partial charge in [-0.1, -0.05) is 29.3 Å². The van der Waals surface area contributed by atoms with Gasteiger partial charge in [0.05, 0.1) is 28.8 Å². The number of nitrogens with zero attached hydrogens (tertiary/aromatic N) is 2. The molecule has 1 saturated heterocycles. The minimum Gasteiger partial charge on any atom is -0.497 e. The second-order valence-corrected chi connectivity index (χ2v) is 11.7. The second kappa shape index (κ2) is 13.9. The normalized spacial score (nSPS) is 18.9. The van der Waals surface area contributed by atoms with Crippen molar-refractivity contribution in [2.75, 3.05) is 32.5 Å². The zero-order valence-corrected chi connectivity index (χ0v) is 23.8. The number of benzene rings is 2. The molecule has 204 valence electrons. The van der Waals surface area contributed by atoms with Gasteiger partial charge >= 0.3 is 5.97 Å². The monoisotopic (exact) mass is 576 g/mol. The summed E-state index contributed by atoms with van der Waals surface area (Å²) in [4.78, 5) is 19.2. The quantitative estimate of drug-likeness (QED) is 0.225. The third-order valence-electron chi connectivity index (χ3n) is 7.44. The topological polar surface area (TPSA) is 82.9 Å². The second-order valence-electron chi connectivity index (χ2n) is 9.82. The fourth-order valence-corrected chi connectivity index (χ4v) is 6.85. The number of carbonyl (C=O) groups is 1. The van der Waals surface area contributed by atoms with Gasteiger partial charge in [0.25, 0.3) is 0 Å². The third kappa shape index (κ3) is 7.54. The van der Waals surface area contributed by atoms with Crippen LogP contribution in [0, 0.1) is 11.8 Å². The first-order valence-electron chi connectivity index (χ1n) is 13.0. The lowest BCUT2D eigenvalue weighted by Gasteiger charge is -2.39. The standard InChI is InChI=1S/C29H34Cl2N2O4S/c1-37-21-7-8-25-23(17-21)22(11-13-32-25)26(34)9-5-19-12-14-33(18-20(19)6-10-28(35)36)15-16-38-27-4-2-3-24(30)29(27)31/h2-4,7-8,11,13,17,19-20,26,34H,5-6,9-10,12,14-16,18H2,1H3,(H,35,36)/t19-,20+,26?/m1/s1. The van der Waals surface area contributed by atoms with Crippen LogP contribution in [0.3, 0.4) is 0 Å². The number of methoxy groups -OCH3 is 1. The zero-order valence-electron chi connectivity index (χ0n) is 21.5. The predicted molar refractivity (Wildman–Crippen MR) is 155 cm³/mol. The fraction of sp³-hybridized carbons (Fsp3) is 0.448. The third-order valence-corrected chi connectivity index (χ3v) is 9.41. The number of aromatic nitrogens is 1. The van der Waals surface area contributed by atoms with Crippen molar-refractivity contribution in [1.82, 2.24) is 9.88 Å². The highest BCUT2D eigenvalue weighted by Gasteiger charge is 2.30. The van der Waals surface area contributed by atoms with Crippen LogP contribution in [-0.2, 0) is 4.79 Å². The molecular weight excluding hydrogens is 543 g/mol. The van der Waals surface area contributed by atoms with Gasteiger partial charge in [-0.3, -0.25) is 9.78 Å². The van der Waals surface area contributed by atoms with E-state index in [1.807, 2.05) is 36.4 Å². The number of hydrogen-bond donors (Lipinski definition) is 2. The van der Waals surface area contributed by atoms with Gasteiger partial charge < -0.3 is 19.8 Å². The SMILES string of the molecule is COc1ccc2nccc(C(O)CC[C@@H]3CCN(CCSc4cccc(Cl)c4Cl)C[C@@H]3CCC(=O)O)c2c1. The van der Waals surface area contributed by atoms with Crippen molar-refractivity contribution in [1.29, 1.82) is 0 Å². The zero-order chi connectivity index (χ0) is 27.1. The summed E-state index contributed by atoms with van der Waals surface area (Å²) < 4.78 is 5.37. The molecule has 0 spiro atoms. The van der Waals surface area contributed by atoms with Crippen molar-refractivity contribution in [2.24, 2.45) is 11.8 Å². The molecule has 0 radical (unpaired) electrons. The average Bonchev–Trinajstić information content (AvgIpc) is 2.92. The first kappa shape index (κ1) is 29.0. The molecule has 0 aliphatic carbocycles. The molecular formula is C29H34Cl2N2O4S. The van der Waals surface area contributed by atoms with E-state index in [9.17, 15) is 15.0 Å². The van der Waals surface area contributed by atoms with E-state index < -0.39 is 12.1 Å². The number of aliphatic hydroxyl groups is 1.